The minimum Gasteiger partial charge on any atom is -0.377 e. The first-order chi connectivity index (χ1) is 11.8. The second-order valence-corrected chi connectivity index (χ2v) is 5.70. The van der Waals surface area contributed by atoms with Gasteiger partial charge in [0.1, 0.15) is 5.82 Å². The molecule has 2 nitrogen and oxygen atoms in total. The average molecular weight is 321 g/mol. The number of hydrogen-bond donors (Lipinski definition) is 0. The number of halogens is 1. The van der Waals surface area contributed by atoms with Gasteiger partial charge in [0, 0.05) is 18.9 Å². The van der Waals surface area contributed by atoms with Gasteiger partial charge in [0.15, 0.2) is 0 Å². The van der Waals surface area contributed by atoms with E-state index in [0.717, 1.165) is 29.7 Å². The second kappa shape index (κ2) is 7.84. The molecule has 0 aliphatic rings. The Morgan fingerprint density at radius 1 is 1.00 bits per heavy atom. The Labute approximate surface area is 142 Å². The zero-order valence-electron chi connectivity index (χ0n) is 13.7. The van der Waals surface area contributed by atoms with Crippen molar-refractivity contribution in [2.24, 2.45) is 0 Å². The van der Waals surface area contributed by atoms with E-state index in [4.69, 9.17) is 4.74 Å². The van der Waals surface area contributed by atoms with Crippen LogP contribution in [0.4, 0.5) is 4.39 Å². The van der Waals surface area contributed by atoms with Gasteiger partial charge < -0.3 is 4.74 Å². The molecule has 0 fully saturated rings. The van der Waals surface area contributed by atoms with E-state index in [9.17, 15) is 4.39 Å². The Bertz CT molecular complexity index is 774. The van der Waals surface area contributed by atoms with E-state index in [-0.39, 0.29) is 11.9 Å². The predicted octanol–water partition coefficient (Wildman–Crippen LogP) is 5.21. The molecule has 0 bridgehead atoms. The molecule has 122 valence electrons. The van der Waals surface area contributed by atoms with Crippen molar-refractivity contribution >= 4 is 0 Å². The summed E-state index contributed by atoms with van der Waals surface area (Å²) in [5.74, 6) is -0.258. The molecule has 0 unspecified atom stereocenters. The van der Waals surface area contributed by atoms with E-state index < -0.39 is 0 Å². The fourth-order valence-corrected chi connectivity index (χ4v) is 2.90. The van der Waals surface area contributed by atoms with Crippen LogP contribution in [0.2, 0.25) is 0 Å². The van der Waals surface area contributed by atoms with Gasteiger partial charge in [0.25, 0.3) is 0 Å². The van der Waals surface area contributed by atoms with Crippen LogP contribution in [0.5, 0.6) is 0 Å². The molecule has 0 spiro atoms. The van der Waals surface area contributed by atoms with Crippen molar-refractivity contribution < 1.29 is 9.13 Å². The molecule has 0 aliphatic carbocycles. The van der Waals surface area contributed by atoms with Crippen LogP contribution < -0.4 is 0 Å². The minimum absolute atomic E-state index is 0.182. The number of methoxy groups -OCH3 is 1. The first-order valence-electron chi connectivity index (χ1n) is 8.05. The lowest BCUT2D eigenvalue weighted by Crippen LogP contribution is -2.06. The van der Waals surface area contributed by atoms with Crippen LogP contribution in [-0.4, -0.2) is 12.1 Å². The van der Waals surface area contributed by atoms with Gasteiger partial charge in [-0.2, -0.15) is 0 Å². The molecule has 0 saturated heterocycles. The van der Waals surface area contributed by atoms with E-state index in [2.05, 4.69) is 17.1 Å². The maximum Gasteiger partial charge on any atom is 0.123 e. The molecule has 0 aliphatic heterocycles. The third-order valence-electron chi connectivity index (χ3n) is 4.12. The molecule has 1 atom stereocenters. The Hall–Kier alpha value is -2.52. The minimum atomic E-state index is -0.258. The molecule has 1 aromatic heterocycles. The van der Waals surface area contributed by atoms with Crippen LogP contribution in [0.3, 0.4) is 0 Å². The summed E-state index contributed by atoms with van der Waals surface area (Å²) in [4.78, 5) is 4.40. The van der Waals surface area contributed by atoms with Crippen molar-refractivity contribution in [2.75, 3.05) is 7.11 Å². The number of nitrogens with zero attached hydrogens (tertiary/aromatic N) is 1. The van der Waals surface area contributed by atoms with Gasteiger partial charge in [-0.3, -0.25) is 4.98 Å². The fourth-order valence-electron chi connectivity index (χ4n) is 2.90. The number of ether oxygens (including phenoxy) is 1. The summed E-state index contributed by atoms with van der Waals surface area (Å²) in [6.07, 6.45) is 3.22. The average Bonchev–Trinajstić information content (AvgIpc) is 2.64. The van der Waals surface area contributed by atoms with Crippen LogP contribution in [0.15, 0.2) is 72.9 Å². The molecule has 3 aromatic rings. The number of benzene rings is 2. The normalized spacial score (nSPS) is 12.1. The van der Waals surface area contributed by atoms with Crippen LogP contribution in [-0.2, 0) is 11.2 Å². The molecule has 3 rings (SSSR count). The van der Waals surface area contributed by atoms with Crippen LogP contribution in [0.1, 0.15) is 23.7 Å². The van der Waals surface area contributed by atoms with Crippen molar-refractivity contribution in [1.82, 2.24) is 4.98 Å². The Kier molecular flexibility index (Phi) is 5.34. The van der Waals surface area contributed by atoms with Crippen LogP contribution in [0, 0.1) is 5.82 Å². The summed E-state index contributed by atoms with van der Waals surface area (Å²) in [7, 11) is 1.67. The second-order valence-electron chi connectivity index (χ2n) is 5.70. The fraction of sp³-hybridized carbons (Fsp3) is 0.190. The lowest BCUT2D eigenvalue weighted by Gasteiger charge is -2.19. The summed E-state index contributed by atoms with van der Waals surface area (Å²) >= 11 is 0. The van der Waals surface area contributed by atoms with Gasteiger partial charge in [0.05, 0.1) is 11.8 Å². The summed E-state index contributed by atoms with van der Waals surface area (Å²) in [6.45, 7) is 0. The molecular weight excluding hydrogens is 301 g/mol. The van der Waals surface area contributed by atoms with E-state index in [1.54, 1.807) is 25.4 Å². The zero-order valence-corrected chi connectivity index (χ0v) is 13.7. The lowest BCUT2D eigenvalue weighted by molar-refractivity contribution is 0.0961. The summed E-state index contributed by atoms with van der Waals surface area (Å²) in [5, 5.41) is 0. The number of aryl methyl sites for hydroxylation is 1. The van der Waals surface area contributed by atoms with E-state index >= 15 is 0 Å². The molecule has 0 N–H and O–H groups in total. The largest absolute Gasteiger partial charge is 0.377 e. The van der Waals surface area contributed by atoms with E-state index in [1.165, 1.54) is 11.6 Å². The van der Waals surface area contributed by atoms with Crippen molar-refractivity contribution in [2.45, 2.75) is 18.9 Å². The Morgan fingerprint density at radius 3 is 2.50 bits per heavy atom. The molecule has 24 heavy (non-hydrogen) atoms. The van der Waals surface area contributed by atoms with Gasteiger partial charge >= 0.3 is 0 Å². The Morgan fingerprint density at radius 2 is 1.79 bits per heavy atom. The number of pyridine rings is 1. The first-order valence-corrected chi connectivity index (χ1v) is 8.05. The van der Waals surface area contributed by atoms with Crippen LogP contribution in [0.25, 0.3) is 11.3 Å². The quantitative estimate of drug-likeness (QED) is 0.622. The highest BCUT2D eigenvalue weighted by atomic mass is 19.1. The maximum atomic E-state index is 13.8. The van der Waals surface area contributed by atoms with E-state index in [1.807, 2.05) is 36.4 Å². The third kappa shape index (κ3) is 3.87. The highest BCUT2D eigenvalue weighted by Crippen LogP contribution is 2.32. The maximum absolute atomic E-state index is 13.8. The molecule has 2 aromatic carbocycles. The van der Waals surface area contributed by atoms with Gasteiger partial charge in [-0.1, -0.05) is 36.4 Å². The molecule has 0 amide bonds. The SMILES string of the molecule is CO[C@@H](CCc1ccccc1)c1cc(F)ccc1-c1ccccn1. The number of hydrogen-bond acceptors (Lipinski definition) is 2. The number of aromatic nitrogens is 1. The molecular formula is C21H20FNO. The number of rotatable bonds is 6. The summed E-state index contributed by atoms with van der Waals surface area (Å²) < 4.78 is 19.5. The Balaban J connectivity index is 1.89. The molecule has 3 heteroatoms. The smallest absolute Gasteiger partial charge is 0.123 e. The highest BCUT2D eigenvalue weighted by molar-refractivity contribution is 5.64. The summed E-state index contributed by atoms with van der Waals surface area (Å²) in [5.41, 5.74) is 3.83. The van der Waals surface area contributed by atoms with Gasteiger partial charge in [-0.25, -0.2) is 4.39 Å². The van der Waals surface area contributed by atoms with Crippen molar-refractivity contribution in [3.63, 3.8) is 0 Å². The monoisotopic (exact) mass is 321 g/mol. The van der Waals surface area contributed by atoms with Gasteiger partial charge in [0.2, 0.25) is 0 Å². The van der Waals surface area contributed by atoms with Crippen LogP contribution >= 0.6 is 0 Å². The predicted molar refractivity (Wildman–Crippen MR) is 94.1 cm³/mol. The third-order valence-corrected chi connectivity index (χ3v) is 4.12. The van der Waals surface area contributed by atoms with E-state index in [0.29, 0.717) is 0 Å². The van der Waals surface area contributed by atoms with Crippen molar-refractivity contribution in [3.05, 3.63) is 89.9 Å². The van der Waals surface area contributed by atoms with Crippen molar-refractivity contribution in [1.29, 1.82) is 0 Å². The highest BCUT2D eigenvalue weighted by Gasteiger charge is 2.17. The topological polar surface area (TPSA) is 22.1 Å². The first kappa shape index (κ1) is 16.3. The molecule has 1 heterocycles. The van der Waals surface area contributed by atoms with Gasteiger partial charge in [-0.05, 0) is 54.3 Å². The summed E-state index contributed by atoms with van der Waals surface area (Å²) in [6, 6.07) is 20.8. The zero-order chi connectivity index (χ0) is 16.8. The standard InChI is InChI=1S/C21H20FNO/c1-24-21(13-10-16-7-3-2-4-8-16)19-15-17(22)11-12-18(19)20-9-5-6-14-23-20/h2-9,11-12,14-15,21H,10,13H2,1H3/t21-/m0/s1. The molecule has 0 radical (unpaired) electrons. The lowest BCUT2D eigenvalue weighted by atomic mass is 9.95. The van der Waals surface area contributed by atoms with Crippen molar-refractivity contribution in [3.8, 4) is 11.3 Å². The van der Waals surface area contributed by atoms with Gasteiger partial charge in [-0.15, -0.1) is 0 Å². The molecule has 0 saturated carbocycles.